The smallest absolute Gasteiger partial charge is 0.321 e. The molecule has 4 nitrogen and oxygen atoms in total. The number of phenolic OH excluding ortho intramolecular Hbond substituents is 1. The Morgan fingerprint density at radius 2 is 2.12 bits per heavy atom. The fraction of sp³-hybridized carbons (Fsp3) is 0.364. The van der Waals surface area contributed by atoms with Gasteiger partial charge in [-0.3, -0.25) is 4.79 Å². The van der Waals surface area contributed by atoms with Crippen LogP contribution in [0.25, 0.3) is 0 Å². The molecular formula is C11H12FNO3. The van der Waals surface area contributed by atoms with Gasteiger partial charge in [-0.2, -0.15) is 0 Å². The van der Waals surface area contributed by atoms with Gasteiger partial charge in [0.25, 0.3) is 0 Å². The van der Waals surface area contributed by atoms with Crippen molar-refractivity contribution in [3.8, 4) is 5.75 Å². The second-order valence-electron chi connectivity index (χ2n) is 4.13. The first kappa shape index (κ1) is 10.9. The number of rotatable bonds is 3. The van der Waals surface area contributed by atoms with E-state index in [0.717, 1.165) is 12.1 Å². The van der Waals surface area contributed by atoms with Gasteiger partial charge in [0.1, 0.15) is 17.6 Å². The van der Waals surface area contributed by atoms with Crippen LogP contribution in [0, 0.1) is 5.82 Å². The van der Waals surface area contributed by atoms with Gasteiger partial charge >= 0.3 is 5.97 Å². The van der Waals surface area contributed by atoms with Crippen molar-refractivity contribution < 1.29 is 19.4 Å². The van der Waals surface area contributed by atoms with Crippen LogP contribution in [-0.4, -0.2) is 22.2 Å². The maximum Gasteiger partial charge on any atom is 0.321 e. The second kappa shape index (κ2) is 3.45. The van der Waals surface area contributed by atoms with E-state index in [2.05, 4.69) is 0 Å². The highest BCUT2D eigenvalue weighted by molar-refractivity contribution is 5.77. The zero-order valence-electron chi connectivity index (χ0n) is 8.48. The molecule has 1 aliphatic carbocycles. The van der Waals surface area contributed by atoms with Crippen molar-refractivity contribution in [1.29, 1.82) is 0 Å². The first-order chi connectivity index (χ1) is 7.47. The van der Waals surface area contributed by atoms with E-state index in [4.69, 9.17) is 10.8 Å². The third kappa shape index (κ3) is 1.53. The van der Waals surface area contributed by atoms with Gasteiger partial charge in [-0.25, -0.2) is 4.39 Å². The average molecular weight is 225 g/mol. The lowest BCUT2D eigenvalue weighted by molar-refractivity contribution is -0.139. The summed E-state index contributed by atoms with van der Waals surface area (Å²) in [5, 5.41) is 18.5. The third-order valence-corrected chi connectivity index (χ3v) is 3.15. The number of carbonyl (C=O) groups is 1. The summed E-state index contributed by atoms with van der Waals surface area (Å²) in [7, 11) is 0. The van der Waals surface area contributed by atoms with Crippen LogP contribution in [0.2, 0.25) is 0 Å². The van der Waals surface area contributed by atoms with Crippen molar-refractivity contribution in [1.82, 2.24) is 0 Å². The van der Waals surface area contributed by atoms with Gasteiger partial charge < -0.3 is 15.9 Å². The summed E-state index contributed by atoms with van der Waals surface area (Å²) in [6.45, 7) is 0. The molecule has 16 heavy (non-hydrogen) atoms. The Kier molecular flexibility index (Phi) is 2.35. The maximum absolute atomic E-state index is 13.1. The molecule has 1 fully saturated rings. The van der Waals surface area contributed by atoms with Crippen molar-refractivity contribution in [2.75, 3.05) is 0 Å². The highest BCUT2D eigenvalue weighted by Gasteiger charge is 2.53. The Bertz CT molecular complexity index is 443. The van der Waals surface area contributed by atoms with Crippen molar-refractivity contribution >= 4 is 5.97 Å². The predicted octanol–water partition coefficient (Wildman–Crippen LogP) is 0.975. The van der Waals surface area contributed by atoms with E-state index < -0.39 is 23.2 Å². The average Bonchev–Trinajstić information content (AvgIpc) is 3.01. The molecule has 1 aliphatic rings. The highest BCUT2D eigenvalue weighted by atomic mass is 19.1. The summed E-state index contributed by atoms with van der Waals surface area (Å²) in [5.41, 5.74) is 5.06. The summed E-state index contributed by atoms with van der Waals surface area (Å²) in [5.74, 6) is -1.74. The largest absolute Gasteiger partial charge is 0.508 e. The molecule has 1 saturated carbocycles. The van der Waals surface area contributed by atoms with E-state index in [1.807, 2.05) is 0 Å². The van der Waals surface area contributed by atoms with Gasteiger partial charge in [-0.15, -0.1) is 0 Å². The van der Waals surface area contributed by atoms with Crippen molar-refractivity contribution in [2.24, 2.45) is 5.73 Å². The fourth-order valence-corrected chi connectivity index (χ4v) is 2.03. The molecule has 0 heterocycles. The molecule has 5 heteroatoms. The quantitative estimate of drug-likeness (QED) is 0.715. The Balaban J connectivity index is 2.44. The number of nitrogens with two attached hydrogens (primary N) is 1. The van der Waals surface area contributed by atoms with Gasteiger partial charge in [0, 0.05) is 11.0 Å². The monoisotopic (exact) mass is 225 g/mol. The predicted molar refractivity (Wildman–Crippen MR) is 54.6 cm³/mol. The van der Waals surface area contributed by atoms with Crippen molar-refractivity contribution in [3.63, 3.8) is 0 Å². The summed E-state index contributed by atoms with van der Waals surface area (Å²) in [6.07, 6.45) is 1.11. The summed E-state index contributed by atoms with van der Waals surface area (Å²) >= 11 is 0. The number of hydrogen-bond donors (Lipinski definition) is 3. The van der Waals surface area contributed by atoms with Crippen LogP contribution in [-0.2, 0) is 10.2 Å². The van der Waals surface area contributed by atoms with E-state index in [9.17, 15) is 14.3 Å². The molecule has 1 unspecified atom stereocenters. The minimum atomic E-state index is -1.14. The number of carboxylic acid groups (broad SMARTS) is 1. The van der Waals surface area contributed by atoms with E-state index in [-0.39, 0.29) is 5.75 Å². The van der Waals surface area contributed by atoms with Gasteiger partial charge in [-0.05, 0) is 31.0 Å². The molecule has 1 aromatic carbocycles. The molecule has 2 rings (SSSR count). The lowest BCUT2D eigenvalue weighted by Crippen LogP contribution is -2.42. The minimum absolute atomic E-state index is 0.101. The van der Waals surface area contributed by atoms with Crippen molar-refractivity contribution in [3.05, 3.63) is 29.6 Å². The summed E-state index contributed by atoms with van der Waals surface area (Å²) in [6, 6.07) is 2.39. The Morgan fingerprint density at radius 3 is 2.62 bits per heavy atom. The lowest BCUT2D eigenvalue weighted by atomic mass is 9.87. The minimum Gasteiger partial charge on any atom is -0.508 e. The number of hydrogen-bond acceptors (Lipinski definition) is 3. The molecular weight excluding hydrogens is 213 g/mol. The molecule has 1 atom stereocenters. The number of aromatic hydroxyl groups is 1. The van der Waals surface area contributed by atoms with Crippen LogP contribution in [0.5, 0.6) is 5.75 Å². The number of aliphatic carboxylic acids is 1. The van der Waals surface area contributed by atoms with E-state index in [0.29, 0.717) is 18.4 Å². The van der Waals surface area contributed by atoms with E-state index in [1.54, 1.807) is 0 Å². The van der Waals surface area contributed by atoms with E-state index >= 15 is 0 Å². The first-order valence-electron chi connectivity index (χ1n) is 4.95. The first-order valence-corrected chi connectivity index (χ1v) is 4.95. The Morgan fingerprint density at radius 1 is 1.50 bits per heavy atom. The molecule has 0 aliphatic heterocycles. The van der Waals surface area contributed by atoms with Crippen LogP contribution in [0.4, 0.5) is 4.39 Å². The van der Waals surface area contributed by atoms with Gasteiger partial charge in [-0.1, -0.05) is 0 Å². The number of carboxylic acids is 1. The van der Waals surface area contributed by atoms with E-state index in [1.165, 1.54) is 6.07 Å². The van der Waals surface area contributed by atoms with Gasteiger partial charge in [0.05, 0.1) is 0 Å². The van der Waals surface area contributed by atoms with Gasteiger partial charge in [0.2, 0.25) is 0 Å². The molecule has 0 spiro atoms. The fourth-order valence-electron chi connectivity index (χ4n) is 2.03. The van der Waals surface area contributed by atoms with Crippen LogP contribution in [0.1, 0.15) is 18.4 Å². The molecule has 0 bridgehead atoms. The summed E-state index contributed by atoms with van der Waals surface area (Å²) < 4.78 is 13.1. The number of benzene rings is 1. The molecule has 4 N–H and O–H groups in total. The molecule has 0 saturated heterocycles. The molecule has 0 aromatic heterocycles. The SMILES string of the molecule is NC(C(=O)O)C1(c2cc(F)ccc2O)CC1. The second-order valence-corrected chi connectivity index (χ2v) is 4.13. The molecule has 0 radical (unpaired) electrons. The number of halogens is 1. The Labute approximate surface area is 91.5 Å². The van der Waals surface area contributed by atoms with Gasteiger partial charge in [0.15, 0.2) is 0 Å². The van der Waals surface area contributed by atoms with Crippen molar-refractivity contribution in [2.45, 2.75) is 24.3 Å². The van der Waals surface area contributed by atoms with Crippen LogP contribution < -0.4 is 5.73 Å². The van der Waals surface area contributed by atoms with Crippen LogP contribution >= 0.6 is 0 Å². The normalized spacial score (nSPS) is 19.1. The third-order valence-electron chi connectivity index (χ3n) is 3.15. The summed E-state index contributed by atoms with van der Waals surface area (Å²) in [4.78, 5) is 10.9. The maximum atomic E-state index is 13.1. The highest BCUT2D eigenvalue weighted by Crippen LogP contribution is 2.53. The lowest BCUT2D eigenvalue weighted by Gasteiger charge is -2.21. The standard InChI is InChI=1S/C11H12FNO3/c12-6-1-2-8(14)7(5-6)11(3-4-11)9(13)10(15)16/h1-2,5,9,14H,3-4,13H2,(H,15,16). The van der Waals surface area contributed by atoms with Crippen LogP contribution in [0.15, 0.2) is 18.2 Å². The van der Waals surface area contributed by atoms with Crippen LogP contribution in [0.3, 0.4) is 0 Å². The zero-order chi connectivity index (χ0) is 11.9. The molecule has 1 aromatic rings. The molecule has 86 valence electrons. The molecule has 0 amide bonds. The Hall–Kier alpha value is -1.62. The number of phenols is 1. The zero-order valence-corrected chi connectivity index (χ0v) is 8.48. The topological polar surface area (TPSA) is 83.6 Å².